The minimum absolute atomic E-state index is 0.170. The van der Waals surface area contributed by atoms with Crippen molar-refractivity contribution in [3.8, 4) is 11.4 Å². The lowest BCUT2D eigenvalue weighted by atomic mass is 9.92. The molecule has 2 amide bonds. The number of aromatic nitrogens is 2. The van der Waals surface area contributed by atoms with Crippen LogP contribution in [0.25, 0.3) is 5.69 Å². The first-order valence-electron chi connectivity index (χ1n) is 9.78. The summed E-state index contributed by atoms with van der Waals surface area (Å²) in [6.45, 7) is 6.26. The van der Waals surface area contributed by atoms with Crippen molar-refractivity contribution >= 4 is 23.2 Å². The molecule has 7 heteroatoms. The van der Waals surface area contributed by atoms with Crippen molar-refractivity contribution in [2.45, 2.75) is 26.2 Å². The van der Waals surface area contributed by atoms with Gasteiger partial charge in [0.05, 0.1) is 18.5 Å². The number of hydrogen-bond donors (Lipinski definition) is 2. The third-order valence-electron chi connectivity index (χ3n) is 4.64. The second kappa shape index (κ2) is 8.49. The highest BCUT2D eigenvalue weighted by Gasteiger charge is 2.21. The van der Waals surface area contributed by atoms with Crippen molar-refractivity contribution in [3.63, 3.8) is 0 Å². The summed E-state index contributed by atoms with van der Waals surface area (Å²) in [6, 6.07) is 16.8. The van der Waals surface area contributed by atoms with Crippen molar-refractivity contribution < 1.29 is 9.53 Å². The van der Waals surface area contributed by atoms with E-state index in [1.807, 2.05) is 73.6 Å². The first-order valence-corrected chi connectivity index (χ1v) is 9.78. The van der Waals surface area contributed by atoms with Crippen LogP contribution >= 0.6 is 0 Å². The smallest absolute Gasteiger partial charge is 0.324 e. The first-order chi connectivity index (χ1) is 14.2. The number of benzene rings is 2. The maximum Gasteiger partial charge on any atom is 0.324 e. The standard InChI is InChI=1S/C23H29N5O2/c1-23(2,3)20-15-21(28(26-20)18-11-8-12-19(14-18)30-6)25-22(29)24-16-9-7-10-17(13-16)27(4)5/h7-15H,1-6H3,(H2,24,25,29). The van der Waals surface area contributed by atoms with Crippen LogP contribution in [0.5, 0.6) is 5.75 Å². The van der Waals surface area contributed by atoms with Gasteiger partial charge in [0.2, 0.25) is 0 Å². The quantitative estimate of drug-likeness (QED) is 0.632. The van der Waals surface area contributed by atoms with Gasteiger partial charge in [-0.3, -0.25) is 5.32 Å². The molecule has 0 bridgehead atoms. The molecule has 0 unspecified atom stereocenters. The van der Waals surface area contributed by atoms with Crippen LogP contribution in [-0.2, 0) is 5.41 Å². The lowest BCUT2D eigenvalue weighted by molar-refractivity contribution is 0.262. The van der Waals surface area contributed by atoms with Crippen LogP contribution in [0.2, 0.25) is 0 Å². The Morgan fingerprint density at radius 3 is 2.43 bits per heavy atom. The molecular weight excluding hydrogens is 378 g/mol. The number of amides is 2. The van der Waals surface area contributed by atoms with E-state index in [0.29, 0.717) is 11.5 Å². The molecule has 7 nitrogen and oxygen atoms in total. The van der Waals surface area contributed by atoms with E-state index in [1.54, 1.807) is 11.8 Å². The van der Waals surface area contributed by atoms with Gasteiger partial charge in [0, 0.05) is 43.0 Å². The van der Waals surface area contributed by atoms with E-state index in [2.05, 4.69) is 31.4 Å². The molecular formula is C23H29N5O2. The van der Waals surface area contributed by atoms with Gasteiger partial charge >= 0.3 is 6.03 Å². The number of carbonyl (C=O) groups is 1. The van der Waals surface area contributed by atoms with E-state index in [4.69, 9.17) is 9.84 Å². The maximum absolute atomic E-state index is 12.7. The van der Waals surface area contributed by atoms with Gasteiger partial charge in [-0.05, 0) is 30.3 Å². The summed E-state index contributed by atoms with van der Waals surface area (Å²) < 4.78 is 7.06. The van der Waals surface area contributed by atoms with Crippen LogP contribution in [0.3, 0.4) is 0 Å². The fourth-order valence-electron chi connectivity index (χ4n) is 2.92. The van der Waals surface area contributed by atoms with Gasteiger partial charge in [-0.25, -0.2) is 9.48 Å². The number of nitrogens with zero attached hydrogens (tertiary/aromatic N) is 3. The van der Waals surface area contributed by atoms with E-state index in [-0.39, 0.29) is 11.4 Å². The maximum atomic E-state index is 12.7. The van der Waals surface area contributed by atoms with Crippen molar-refractivity contribution in [2.24, 2.45) is 0 Å². The van der Waals surface area contributed by atoms with Gasteiger partial charge in [-0.2, -0.15) is 5.10 Å². The summed E-state index contributed by atoms with van der Waals surface area (Å²) in [7, 11) is 5.54. The lowest BCUT2D eigenvalue weighted by Gasteiger charge is -2.14. The van der Waals surface area contributed by atoms with Gasteiger partial charge in [0.15, 0.2) is 0 Å². The molecule has 1 heterocycles. The zero-order chi connectivity index (χ0) is 21.9. The predicted octanol–water partition coefficient (Wildman–Crippen LogP) is 4.89. The average Bonchev–Trinajstić information content (AvgIpc) is 3.12. The average molecular weight is 408 g/mol. The molecule has 0 saturated heterocycles. The molecule has 0 atom stereocenters. The third-order valence-corrected chi connectivity index (χ3v) is 4.64. The fourth-order valence-corrected chi connectivity index (χ4v) is 2.92. The van der Waals surface area contributed by atoms with E-state index in [9.17, 15) is 4.79 Å². The molecule has 0 fully saturated rings. The second-order valence-corrected chi connectivity index (χ2v) is 8.30. The summed E-state index contributed by atoms with van der Waals surface area (Å²) in [4.78, 5) is 14.7. The van der Waals surface area contributed by atoms with Gasteiger partial charge in [0.25, 0.3) is 0 Å². The molecule has 2 N–H and O–H groups in total. The molecule has 2 aromatic carbocycles. The molecule has 0 spiro atoms. The summed E-state index contributed by atoms with van der Waals surface area (Å²) in [5, 5.41) is 10.6. The molecule has 30 heavy (non-hydrogen) atoms. The molecule has 0 saturated carbocycles. The third kappa shape index (κ3) is 4.92. The number of methoxy groups -OCH3 is 1. The Labute approximate surface area is 177 Å². The molecule has 158 valence electrons. The minimum atomic E-state index is -0.338. The first kappa shape index (κ1) is 21.2. The van der Waals surface area contributed by atoms with E-state index in [0.717, 1.165) is 22.8 Å². The molecule has 3 aromatic rings. The minimum Gasteiger partial charge on any atom is -0.497 e. The van der Waals surface area contributed by atoms with E-state index < -0.39 is 0 Å². The number of urea groups is 1. The number of carbonyl (C=O) groups excluding carboxylic acids is 1. The van der Waals surface area contributed by atoms with Crippen LogP contribution in [0.1, 0.15) is 26.5 Å². The Balaban J connectivity index is 1.89. The molecule has 0 radical (unpaired) electrons. The van der Waals surface area contributed by atoms with Crippen LogP contribution in [0.15, 0.2) is 54.6 Å². The number of ether oxygens (including phenoxy) is 1. The monoisotopic (exact) mass is 407 g/mol. The second-order valence-electron chi connectivity index (χ2n) is 8.30. The van der Waals surface area contributed by atoms with Crippen molar-refractivity contribution in [2.75, 3.05) is 36.7 Å². The van der Waals surface area contributed by atoms with E-state index >= 15 is 0 Å². The Morgan fingerprint density at radius 1 is 1.03 bits per heavy atom. The number of anilines is 3. The van der Waals surface area contributed by atoms with Crippen LogP contribution in [-0.4, -0.2) is 37.0 Å². The van der Waals surface area contributed by atoms with Crippen molar-refractivity contribution in [1.29, 1.82) is 0 Å². The highest BCUT2D eigenvalue weighted by Crippen LogP contribution is 2.27. The van der Waals surface area contributed by atoms with Gasteiger partial charge in [-0.15, -0.1) is 0 Å². The normalized spacial score (nSPS) is 11.1. The molecule has 3 rings (SSSR count). The fraction of sp³-hybridized carbons (Fsp3) is 0.304. The molecule has 0 aliphatic rings. The highest BCUT2D eigenvalue weighted by molar-refractivity contribution is 5.99. The van der Waals surface area contributed by atoms with Crippen LogP contribution in [0.4, 0.5) is 22.0 Å². The Bertz CT molecular complexity index is 1030. The highest BCUT2D eigenvalue weighted by atomic mass is 16.5. The SMILES string of the molecule is COc1cccc(-n2nc(C(C)(C)C)cc2NC(=O)Nc2cccc(N(C)C)c2)c1. The number of hydrogen-bond acceptors (Lipinski definition) is 4. The number of rotatable bonds is 5. The summed E-state index contributed by atoms with van der Waals surface area (Å²) in [5.41, 5.74) is 3.22. The largest absolute Gasteiger partial charge is 0.497 e. The molecule has 0 aliphatic heterocycles. The van der Waals surface area contributed by atoms with Gasteiger partial charge in [0.1, 0.15) is 11.6 Å². The Hall–Kier alpha value is -3.48. The summed E-state index contributed by atoms with van der Waals surface area (Å²) >= 11 is 0. The number of nitrogens with one attached hydrogen (secondary N) is 2. The van der Waals surface area contributed by atoms with Gasteiger partial charge < -0.3 is 15.0 Å². The van der Waals surface area contributed by atoms with Crippen LogP contribution < -0.4 is 20.3 Å². The zero-order valence-electron chi connectivity index (χ0n) is 18.4. The van der Waals surface area contributed by atoms with Crippen molar-refractivity contribution in [3.05, 3.63) is 60.3 Å². The Kier molecular flexibility index (Phi) is 6.01. The van der Waals surface area contributed by atoms with Gasteiger partial charge in [-0.1, -0.05) is 32.9 Å². The topological polar surface area (TPSA) is 71.4 Å². The van der Waals surface area contributed by atoms with E-state index in [1.165, 1.54) is 0 Å². The molecule has 1 aromatic heterocycles. The summed E-state index contributed by atoms with van der Waals surface area (Å²) in [5.74, 6) is 1.30. The molecule has 0 aliphatic carbocycles. The van der Waals surface area contributed by atoms with Crippen molar-refractivity contribution in [1.82, 2.24) is 9.78 Å². The Morgan fingerprint density at radius 2 is 1.77 bits per heavy atom. The zero-order valence-corrected chi connectivity index (χ0v) is 18.4. The summed E-state index contributed by atoms with van der Waals surface area (Å²) in [6.07, 6.45) is 0. The predicted molar refractivity (Wildman–Crippen MR) is 122 cm³/mol. The lowest BCUT2D eigenvalue weighted by Crippen LogP contribution is -2.21. The van der Waals surface area contributed by atoms with Crippen LogP contribution in [0, 0.1) is 0 Å².